The summed E-state index contributed by atoms with van der Waals surface area (Å²) in [6.07, 6.45) is 1.22. The summed E-state index contributed by atoms with van der Waals surface area (Å²) in [5.41, 5.74) is 0.510. The third kappa shape index (κ3) is 4.17. The number of methoxy groups -OCH3 is 1. The number of aromatic nitrogens is 2. The Morgan fingerprint density at radius 3 is 2.85 bits per heavy atom. The molecule has 1 atom stereocenters. The number of aryl methyl sites for hydroxylation is 2. The molecule has 0 saturated carbocycles. The molecule has 20 heavy (non-hydrogen) atoms. The van der Waals surface area contributed by atoms with Crippen LogP contribution in [-0.4, -0.2) is 46.2 Å². The van der Waals surface area contributed by atoms with E-state index in [1.54, 1.807) is 7.05 Å². The number of rotatable bonds is 9. The molecule has 0 aliphatic heterocycles. The normalized spacial score (nSPS) is 12.4. The second kappa shape index (κ2) is 7.81. The Bertz CT molecular complexity index is 447. The molecule has 1 rings (SSSR count). The van der Waals surface area contributed by atoms with Crippen LogP contribution in [0, 0.1) is 10.1 Å². The van der Waals surface area contributed by atoms with Crippen molar-refractivity contribution >= 4 is 11.5 Å². The van der Waals surface area contributed by atoms with Gasteiger partial charge < -0.3 is 15.2 Å². The number of aliphatic hydroxyl groups excluding tert-OH is 1. The van der Waals surface area contributed by atoms with Crippen LogP contribution in [0.4, 0.5) is 11.5 Å². The first-order chi connectivity index (χ1) is 9.51. The molecule has 0 aromatic carbocycles. The van der Waals surface area contributed by atoms with Crippen molar-refractivity contribution in [2.24, 2.45) is 7.05 Å². The molecule has 8 nitrogen and oxygen atoms in total. The largest absolute Gasteiger partial charge is 0.391 e. The fraction of sp³-hybridized carbons (Fsp3) is 0.750. The van der Waals surface area contributed by atoms with Crippen molar-refractivity contribution in [2.45, 2.75) is 32.3 Å². The molecule has 8 heteroatoms. The standard InChI is InChI=1S/C12H22N4O4/c1-4-5-10-11(16(18)19)12(15(2)14-10)13-7-6-9(17)8-20-3/h9,13,17H,4-8H2,1-3H3. The average molecular weight is 286 g/mol. The van der Waals surface area contributed by atoms with E-state index in [-0.39, 0.29) is 12.3 Å². The van der Waals surface area contributed by atoms with Crippen LogP contribution < -0.4 is 5.32 Å². The second-order valence-corrected chi connectivity index (χ2v) is 4.60. The van der Waals surface area contributed by atoms with Crippen LogP contribution in [0.1, 0.15) is 25.5 Å². The Hall–Kier alpha value is -1.67. The van der Waals surface area contributed by atoms with Crippen LogP contribution >= 0.6 is 0 Å². The second-order valence-electron chi connectivity index (χ2n) is 4.60. The molecule has 0 radical (unpaired) electrons. The fourth-order valence-corrected chi connectivity index (χ4v) is 2.00. The maximum Gasteiger partial charge on any atom is 0.333 e. The number of hydrogen-bond donors (Lipinski definition) is 2. The zero-order chi connectivity index (χ0) is 15.1. The highest BCUT2D eigenvalue weighted by molar-refractivity contribution is 5.59. The van der Waals surface area contributed by atoms with Crippen molar-refractivity contribution in [1.29, 1.82) is 0 Å². The summed E-state index contributed by atoms with van der Waals surface area (Å²) in [7, 11) is 3.18. The molecule has 114 valence electrons. The van der Waals surface area contributed by atoms with Crippen LogP contribution in [0.5, 0.6) is 0 Å². The summed E-state index contributed by atoms with van der Waals surface area (Å²) in [5.74, 6) is 0.378. The van der Waals surface area contributed by atoms with Crippen molar-refractivity contribution in [3.63, 3.8) is 0 Å². The lowest BCUT2D eigenvalue weighted by atomic mass is 10.2. The Morgan fingerprint density at radius 2 is 2.30 bits per heavy atom. The maximum absolute atomic E-state index is 11.2. The van der Waals surface area contributed by atoms with Gasteiger partial charge in [-0.05, 0) is 12.8 Å². The quantitative estimate of drug-likeness (QED) is 0.520. The molecular weight excluding hydrogens is 264 g/mol. The lowest BCUT2D eigenvalue weighted by Crippen LogP contribution is -2.19. The van der Waals surface area contributed by atoms with E-state index in [0.29, 0.717) is 30.9 Å². The summed E-state index contributed by atoms with van der Waals surface area (Å²) >= 11 is 0. The third-order valence-electron chi connectivity index (χ3n) is 2.89. The smallest absolute Gasteiger partial charge is 0.333 e. The van der Waals surface area contributed by atoms with E-state index in [1.807, 2.05) is 6.92 Å². The monoisotopic (exact) mass is 286 g/mol. The first kappa shape index (κ1) is 16.4. The van der Waals surface area contributed by atoms with Gasteiger partial charge in [-0.2, -0.15) is 5.10 Å². The van der Waals surface area contributed by atoms with Crippen molar-refractivity contribution in [3.8, 4) is 0 Å². The minimum Gasteiger partial charge on any atom is -0.391 e. The van der Waals surface area contributed by atoms with Crippen LogP contribution in [0.3, 0.4) is 0 Å². The number of anilines is 1. The lowest BCUT2D eigenvalue weighted by molar-refractivity contribution is -0.384. The molecular formula is C12H22N4O4. The molecule has 1 unspecified atom stereocenters. The molecule has 0 saturated heterocycles. The minimum absolute atomic E-state index is 0.0237. The van der Waals surface area contributed by atoms with E-state index in [2.05, 4.69) is 10.4 Å². The van der Waals surface area contributed by atoms with Crippen molar-refractivity contribution in [2.75, 3.05) is 25.6 Å². The molecule has 0 spiro atoms. The first-order valence-corrected chi connectivity index (χ1v) is 6.62. The van der Waals surface area contributed by atoms with Crippen LogP contribution in [0.25, 0.3) is 0 Å². The predicted molar refractivity (Wildman–Crippen MR) is 74.8 cm³/mol. The number of nitrogens with zero attached hydrogens (tertiary/aromatic N) is 3. The van der Waals surface area contributed by atoms with Gasteiger partial charge in [-0.15, -0.1) is 0 Å². The number of nitrogens with one attached hydrogen (secondary N) is 1. The molecule has 1 aromatic rings. The third-order valence-corrected chi connectivity index (χ3v) is 2.89. The lowest BCUT2D eigenvalue weighted by Gasteiger charge is -2.10. The van der Waals surface area contributed by atoms with Crippen molar-refractivity contribution in [3.05, 3.63) is 15.8 Å². The minimum atomic E-state index is -0.588. The predicted octanol–water partition coefficient (Wildman–Crippen LogP) is 1.09. The van der Waals surface area contributed by atoms with E-state index in [1.165, 1.54) is 11.8 Å². The Morgan fingerprint density at radius 1 is 1.60 bits per heavy atom. The van der Waals surface area contributed by atoms with Gasteiger partial charge in [0.15, 0.2) is 0 Å². The maximum atomic E-state index is 11.2. The molecule has 0 amide bonds. The molecule has 1 heterocycles. The van der Waals surface area contributed by atoms with Gasteiger partial charge in [0.25, 0.3) is 0 Å². The summed E-state index contributed by atoms with van der Waals surface area (Å²) in [5, 5.41) is 27.9. The Balaban J connectivity index is 2.76. The number of nitro groups is 1. The van der Waals surface area contributed by atoms with Crippen LogP contribution in [-0.2, 0) is 18.2 Å². The van der Waals surface area contributed by atoms with Gasteiger partial charge in [0.05, 0.1) is 17.6 Å². The van der Waals surface area contributed by atoms with E-state index >= 15 is 0 Å². The number of ether oxygens (including phenoxy) is 1. The van der Waals surface area contributed by atoms with Gasteiger partial charge in [-0.3, -0.25) is 10.1 Å². The topological polar surface area (TPSA) is 102 Å². The zero-order valence-electron chi connectivity index (χ0n) is 12.1. The Kier molecular flexibility index (Phi) is 6.40. The zero-order valence-corrected chi connectivity index (χ0v) is 12.1. The Labute approximate surface area is 117 Å². The summed E-state index contributed by atoms with van der Waals surface area (Å²) in [4.78, 5) is 10.8. The van der Waals surface area contributed by atoms with Crippen LogP contribution in [0.15, 0.2) is 0 Å². The van der Waals surface area contributed by atoms with Crippen LogP contribution in [0.2, 0.25) is 0 Å². The first-order valence-electron chi connectivity index (χ1n) is 6.62. The van der Waals surface area contributed by atoms with Crippen molar-refractivity contribution in [1.82, 2.24) is 9.78 Å². The van der Waals surface area contributed by atoms with Crippen molar-refractivity contribution < 1.29 is 14.8 Å². The fourth-order valence-electron chi connectivity index (χ4n) is 2.00. The highest BCUT2D eigenvalue weighted by Crippen LogP contribution is 2.28. The van der Waals surface area contributed by atoms with Gasteiger partial charge in [0.2, 0.25) is 5.82 Å². The van der Waals surface area contributed by atoms with Gasteiger partial charge in [-0.25, -0.2) is 4.68 Å². The summed E-state index contributed by atoms with van der Waals surface area (Å²) in [6, 6.07) is 0. The molecule has 0 aliphatic rings. The van der Waals surface area contributed by atoms with Gasteiger partial charge >= 0.3 is 5.69 Å². The molecule has 2 N–H and O–H groups in total. The average Bonchev–Trinajstić information content (AvgIpc) is 2.67. The van der Waals surface area contributed by atoms with E-state index < -0.39 is 11.0 Å². The molecule has 0 fully saturated rings. The number of hydrogen-bond acceptors (Lipinski definition) is 6. The summed E-state index contributed by atoms with van der Waals surface area (Å²) < 4.78 is 6.30. The van der Waals surface area contributed by atoms with E-state index in [9.17, 15) is 15.2 Å². The summed E-state index contributed by atoms with van der Waals surface area (Å²) in [6.45, 7) is 2.61. The highest BCUT2D eigenvalue weighted by Gasteiger charge is 2.25. The SMILES string of the molecule is CCCc1nn(C)c(NCCC(O)COC)c1[N+](=O)[O-]. The van der Waals surface area contributed by atoms with Gasteiger partial charge in [0.1, 0.15) is 5.69 Å². The van der Waals surface area contributed by atoms with E-state index in [0.717, 1.165) is 6.42 Å². The van der Waals surface area contributed by atoms with Gasteiger partial charge in [0, 0.05) is 20.7 Å². The molecule has 0 aliphatic carbocycles. The van der Waals surface area contributed by atoms with Gasteiger partial charge in [-0.1, -0.05) is 13.3 Å². The molecule has 1 aromatic heterocycles. The highest BCUT2D eigenvalue weighted by atomic mass is 16.6. The molecule has 0 bridgehead atoms. The van der Waals surface area contributed by atoms with E-state index in [4.69, 9.17) is 4.74 Å². The number of aliphatic hydroxyl groups is 1.